The Bertz CT molecular complexity index is 570. The number of hydrogen-bond acceptors (Lipinski definition) is 3. The van der Waals surface area contributed by atoms with Gasteiger partial charge >= 0.3 is 12.1 Å². The summed E-state index contributed by atoms with van der Waals surface area (Å²) in [6, 6.07) is 2.52. The average molecular weight is 322 g/mol. The molecule has 0 unspecified atom stereocenters. The fourth-order valence-corrected chi connectivity index (χ4v) is 1.47. The number of ether oxygens (including phenoxy) is 1. The van der Waals surface area contributed by atoms with Crippen molar-refractivity contribution in [3.05, 3.63) is 40.9 Å². The van der Waals surface area contributed by atoms with Crippen LogP contribution < -0.4 is 5.32 Å². The molecule has 0 saturated carbocycles. The van der Waals surface area contributed by atoms with Crippen LogP contribution in [0.4, 0.5) is 18.9 Å². The van der Waals surface area contributed by atoms with Gasteiger partial charge in [-0.3, -0.25) is 4.79 Å². The van der Waals surface area contributed by atoms with Crippen LogP contribution in [-0.2, 0) is 20.5 Å². The zero-order valence-electron chi connectivity index (χ0n) is 10.8. The second-order valence-corrected chi connectivity index (χ2v) is 4.26. The monoisotopic (exact) mass is 321 g/mol. The minimum absolute atomic E-state index is 0.0591. The van der Waals surface area contributed by atoms with Gasteiger partial charge in [0.15, 0.2) is 6.61 Å². The second kappa shape index (κ2) is 7.12. The van der Waals surface area contributed by atoms with Crippen molar-refractivity contribution in [1.29, 1.82) is 0 Å². The van der Waals surface area contributed by atoms with E-state index in [9.17, 15) is 22.8 Å². The van der Waals surface area contributed by atoms with Crippen LogP contribution >= 0.6 is 11.6 Å². The number of nitrogens with one attached hydrogen (secondary N) is 1. The van der Waals surface area contributed by atoms with Crippen LogP contribution in [0.1, 0.15) is 12.5 Å². The predicted octanol–water partition coefficient (Wildman–Crippen LogP) is 3.42. The SMILES string of the molecule is C/C=C/C(=O)OCC(=O)Nc1cc(C(F)(F)F)ccc1Cl. The van der Waals surface area contributed by atoms with E-state index in [1.54, 1.807) is 6.92 Å². The van der Waals surface area contributed by atoms with E-state index in [1.807, 2.05) is 0 Å². The molecule has 1 rings (SSSR count). The maximum absolute atomic E-state index is 12.5. The van der Waals surface area contributed by atoms with E-state index in [1.165, 1.54) is 6.08 Å². The lowest BCUT2D eigenvalue weighted by Crippen LogP contribution is -2.20. The third kappa shape index (κ3) is 5.47. The number of hydrogen-bond donors (Lipinski definition) is 1. The van der Waals surface area contributed by atoms with Crippen molar-refractivity contribution in [2.24, 2.45) is 0 Å². The van der Waals surface area contributed by atoms with Crippen LogP contribution in [0.2, 0.25) is 5.02 Å². The quantitative estimate of drug-likeness (QED) is 0.683. The van der Waals surface area contributed by atoms with E-state index in [-0.39, 0.29) is 10.7 Å². The Morgan fingerprint density at radius 3 is 2.62 bits per heavy atom. The Morgan fingerprint density at radius 2 is 2.05 bits per heavy atom. The summed E-state index contributed by atoms with van der Waals surface area (Å²) < 4.78 is 42.2. The first-order valence-electron chi connectivity index (χ1n) is 5.70. The third-order valence-electron chi connectivity index (χ3n) is 2.22. The van der Waals surface area contributed by atoms with E-state index in [0.717, 1.165) is 18.2 Å². The van der Waals surface area contributed by atoms with E-state index in [4.69, 9.17) is 11.6 Å². The first kappa shape index (κ1) is 17.0. The molecular formula is C13H11ClF3NO3. The number of rotatable bonds is 4. The highest BCUT2D eigenvalue weighted by molar-refractivity contribution is 6.33. The van der Waals surface area contributed by atoms with Crippen molar-refractivity contribution in [2.75, 3.05) is 11.9 Å². The zero-order valence-corrected chi connectivity index (χ0v) is 11.6. The van der Waals surface area contributed by atoms with Gasteiger partial charge in [-0.15, -0.1) is 0 Å². The van der Waals surface area contributed by atoms with Gasteiger partial charge in [0.1, 0.15) is 0 Å². The maximum Gasteiger partial charge on any atom is 0.416 e. The first-order valence-corrected chi connectivity index (χ1v) is 6.08. The predicted molar refractivity (Wildman–Crippen MR) is 70.9 cm³/mol. The number of esters is 1. The highest BCUT2D eigenvalue weighted by Crippen LogP contribution is 2.33. The third-order valence-corrected chi connectivity index (χ3v) is 2.55. The molecule has 0 spiro atoms. The van der Waals surface area contributed by atoms with Crippen molar-refractivity contribution in [2.45, 2.75) is 13.1 Å². The second-order valence-electron chi connectivity index (χ2n) is 3.85. The average Bonchev–Trinajstić information content (AvgIpc) is 2.38. The van der Waals surface area contributed by atoms with Crippen LogP contribution in [0.5, 0.6) is 0 Å². The molecule has 0 aliphatic rings. The number of anilines is 1. The lowest BCUT2D eigenvalue weighted by atomic mass is 10.2. The van der Waals surface area contributed by atoms with Gasteiger partial charge in [0.2, 0.25) is 0 Å². The maximum atomic E-state index is 12.5. The van der Waals surface area contributed by atoms with Gasteiger partial charge in [-0.2, -0.15) is 13.2 Å². The van der Waals surface area contributed by atoms with Crippen LogP contribution in [0.15, 0.2) is 30.4 Å². The van der Waals surface area contributed by atoms with Gasteiger partial charge in [-0.05, 0) is 25.1 Å². The molecule has 0 aromatic heterocycles. The van der Waals surface area contributed by atoms with Crippen LogP contribution in [0.3, 0.4) is 0 Å². The minimum Gasteiger partial charge on any atom is -0.452 e. The molecule has 0 heterocycles. The molecule has 0 radical (unpaired) electrons. The highest BCUT2D eigenvalue weighted by atomic mass is 35.5. The van der Waals surface area contributed by atoms with E-state index < -0.39 is 30.2 Å². The number of allylic oxidation sites excluding steroid dienone is 1. The molecule has 4 nitrogen and oxygen atoms in total. The number of carbonyl (C=O) groups excluding carboxylic acids is 2. The van der Waals surface area contributed by atoms with Gasteiger partial charge in [0.05, 0.1) is 16.3 Å². The molecule has 0 aliphatic carbocycles. The summed E-state index contributed by atoms with van der Waals surface area (Å²) in [7, 11) is 0. The van der Waals surface area contributed by atoms with E-state index in [0.29, 0.717) is 6.07 Å². The number of amides is 1. The van der Waals surface area contributed by atoms with Crippen LogP contribution in [-0.4, -0.2) is 18.5 Å². The van der Waals surface area contributed by atoms with E-state index in [2.05, 4.69) is 10.1 Å². The molecular weight excluding hydrogens is 311 g/mol. The summed E-state index contributed by atoms with van der Waals surface area (Å²) in [4.78, 5) is 22.5. The number of benzene rings is 1. The molecule has 0 bridgehead atoms. The molecule has 1 amide bonds. The smallest absolute Gasteiger partial charge is 0.416 e. The van der Waals surface area contributed by atoms with Crippen molar-refractivity contribution in [3.63, 3.8) is 0 Å². The molecule has 0 fully saturated rings. The molecule has 1 N–H and O–H groups in total. The lowest BCUT2D eigenvalue weighted by Gasteiger charge is -2.11. The molecule has 114 valence electrons. The van der Waals surface area contributed by atoms with Gasteiger partial charge < -0.3 is 10.1 Å². The van der Waals surface area contributed by atoms with Gasteiger partial charge in [-0.1, -0.05) is 17.7 Å². The fraction of sp³-hybridized carbons (Fsp3) is 0.231. The molecule has 1 aromatic carbocycles. The summed E-state index contributed by atoms with van der Waals surface area (Å²) in [5.41, 5.74) is -1.16. The summed E-state index contributed by atoms with van der Waals surface area (Å²) in [5, 5.41) is 2.09. The zero-order chi connectivity index (χ0) is 16.0. The molecule has 1 aromatic rings. The van der Waals surface area contributed by atoms with Gasteiger partial charge in [0.25, 0.3) is 5.91 Å². The number of halogens is 4. The van der Waals surface area contributed by atoms with Gasteiger partial charge in [0, 0.05) is 6.08 Å². The summed E-state index contributed by atoms with van der Waals surface area (Å²) >= 11 is 5.70. The summed E-state index contributed by atoms with van der Waals surface area (Å²) in [6.07, 6.45) is -2.03. The molecule has 21 heavy (non-hydrogen) atoms. The highest BCUT2D eigenvalue weighted by Gasteiger charge is 2.31. The normalized spacial score (nSPS) is 11.5. The van der Waals surface area contributed by atoms with Crippen molar-refractivity contribution in [3.8, 4) is 0 Å². The van der Waals surface area contributed by atoms with Crippen molar-refractivity contribution in [1.82, 2.24) is 0 Å². The topological polar surface area (TPSA) is 55.4 Å². The summed E-state index contributed by atoms with van der Waals surface area (Å²) in [6.45, 7) is 0.958. The Morgan fingerprint density at radius 1 is 1.38 bits per heavy atom. The van der Waals surface area contributed by atoms with Crippen molar-refractivity contribution < 1.29 is 27.5 Å². The molecule has 8 heteroatoms. The molecule has 0 atom stereocenters. The van der Waals surface area contributed by atoms with Crippen LogP contribution in [0, 0.1) is 0 Å². The fourth-order valence-electron chi connectivity index (χ4n) is 1.30. The van der Waals surface area contributed by atoms with E-state index >= 15 is 0 Å². The Hall–Kier alpha value is -2.02. The van der Waals surface area contributed by atoms with Gasteiger partial charge in [-0.25, -0.2) is 4.79 Å². The van der Waals surface area contributed by atoms with Crippen molar-refractivity contribution >= 4 is 29.2 Å². The molecule has 0 saturated heterocycles. The number of alkyl halides is 3. The minimum atomic E-state index is -4.55. The number of carbonyl (C=O) groups is 2. The summed E-state index contributed by atoms with van der Waals surface area (Å²) in [5.74, 6) is -1.53. The largest absolute Gasteiger partial charge is 0.452 e. The Balaban J connectivity index is 2.74. The van der Waals surface area contributed by atoms with Crippen LogP contribution in [0.25, 0.3) is 0 Å². The Labute approximate surface area is 123 Å². The Kier molecular flexibility index (Phi) is 5.78. The first-order chi connectivity index (χ1) is 9.74. The lowest BCUT2D eigenvalue weighted by molar-refractivity contribution is -0.142. The standard InChI is InChI=1S/C13H11ClF3NO3/c1-2-3-12(20)21-7-11(19)18-10-6-8(13(15,16)17)4-5-9(10)14/h2-6H,7H2,1H3,(H,18,19)/b3-2+. The molecule has 0 aliphatic heterocycles.